The van der Waals surface area contributed by atoms with Gasteiger partial charge in [-0.25, -0.2) is 4.98 Å². The molecule has 0 saturated carbocycles. The van der Waals surface area contributed by atoms with Crippen LogP contribution in [0.25, 0.3) is 22.4 Å². The lowest BCUT2D eigenvalue weighted by atomic mass is 10.2. The largest absolute Gasteiger partial charge is 0.492 e. The minimum absolute atomic E-state index is 0.590. The molecule has 0 saturated heterocycles. The second-order valence-electron chi connectivity index (χ2n) is 6.24. The van der Waals surface area contributed by atoms with Gasteiger partial charge in [0.15, 0.2) is 0 Å². The highest BCUT2D eigenvalue weighted by Gasteiger charge is 2.12. The van der Waals surface area contributed by atoms with E-state index < -0.39 is 0 Å². The van der Waals surface area contributed by atoms with E-state index in [1.807, 2.05) is 36.4 Å². The van der Waals surface area contributed by atoms with Crippen LogP contribution in [0, 0.1) is 6.92 Å². The third-order valence-corrected chi connectivity index (χ3v) is 4.89. The van der Waals surface area contributed by atoms with Gasteiger partial charge in [0.05, 0.1) is 17.6 Å². The molecule has 0 unspecified atom stereocenters. The Hall–Kier alpha value is -2.59. The highest BCUT2D eigenvalue weighted by Crippen LogP contribution is 2.26. The fraction of sp³-hybridized carbons (Fsp3) is 0.136. The molecule has 4 aromatic rings. The van der Waals surface area contributed by atoms with E-state index in [0.717, 1.165) is 39.2 Å². The van der Waals surface area contributed by atoms with Crippen molar-refractivity contribution in [1.29, 1.82) is 0 Å². The predicted molar refractivity (Wildman–Crippen MR) is 110 cm³/mol. The van der Waals surface area contributed by atoms with Crippen molar-refractivity contribution in [3.8, 4) is 17.1 Å². The summed E-state index contributed by atoms with van der Waals surface area (Å²) in [6.07, 6.45) is 0. The van der Waals surface area contributed by atoms with Crippen LogP contribution in [0.4, 0.5) is 0 Å². The number of ether oxygens (including phenoxy) is 1. The van der Waals surface area contributed by atoms with Gasteiger partial charge in [0.2, 0.25) is 0 Å². The second-order valence-corrected chi connectivity index (χ2v) is 7.16. The zero-order valence-corrected chi connectivity index (χ0v) is 16.1. The zero-order valence-electron chi connectivity index (χ0n) is 14.5. The van der Waals surface area contributed by atoms with Gasteiger partial charge in [0.1, 0.15) is 18.2 Å². The van der Waals surface area contributed by atoms with Crippen molar-refractivity contribution in [3.63, 3.8) is 0 Å². The van der Waals surface area contributed by atoms with E-state index in [4.69, 9.17) is 9.72 Å². The van der Waals surface area contributed by atoms with E-state index in [1.54, 1.807) is 0 Å². The number of benzene rings is 3. The molecule has 0 aliphatic carbocycles. The number of nitrogens with zero attached hydrogens (tertiary/aromatic N) is 2. The van der Waals surface area contributed by atoms with Crippen molar-refractivity contribution in [2.75, 3.05) is 6.61 Å². The Labute approximate surface area is 161 Å². The highest BCUT2D eigenvalue weighted by atomic mass is 79.9. The fourth-order valence-corrected chi connectivity index (χ4v) is 3.27. The maximum atomic E-state index is 5.94. The van der Waals surface area contributed by atoms with Crippen LogP contribution >= 0.6 is 15.9 Å². The van der Waals surface area contributed by atoms with Gasteiger partial charge >= 0.3 is 0 Å². The molecule has 130 valence electrons. The summed E-state index contributed by atoms with van der Waals surface area (Å²) in [5, 5.41) is 0. The molecule has 4 rings (SSSR count). The number of halogens is 1. The number of imidazole rings is 1. The third-order valence-electron chi connectivity index (χ3n) is 4.36. The van der Waals surface area contributed by atoms with E-state index in [0.29, 0.717) is 6.61 Å². The lowest BCUT2D eigenvalue weighted by Crippen LogP contribution is -2.09. The van der Waals surface area contributed by atoms with Crippen LogP contribution in [0.3, 0.4) is 0 Å². The Morgan fingerprint density at radius 1 is 0.923 bits per heavy atom. The molecule has 1 aromatic heterocycles. The fourth-order valence-electron chi connectivity index (χ4n) is 3.01. The molecule has 26 heavy (non-hydrogen) atoms. The van der Waals surface area contributed by atoms with Crippen molar-refractivity contribution in [2.45, 2.75) is 13.5 Å². The second kappa shape index (κ2) is 7.34. The smallest absolute Gasteiger partial charge is 0.141 e. The predicted octanol–water partition coefficient (Wildman–Crippen LogP) is 5.85. The quantitative estimate of drug-likeness (QED) is 0.415. The number of aryl methyl sites for hydroxylation is 1. The van der Waals surface area contributed by atoms with Gasteiger partial charge < -0.3 is 9.30 Å². The van der Waals surface area contributed by atoms with Gasteiger partial charge in [0.25, 0.3) is 0 Å². The molecule has 0 atom stereocenters. The minimum Gasteiger partial charge on any atom is -0.492 e. The van der Waals surface area contributed by atoms with Gasteiger partial charge in [-0.2, -0.15) is 0 Å². The molecular weight excluding hydrogens is 388 g/mol. The van der Waals surface area contributed by atoms with Gasteiger partial charge in [0, 0.05) is 10.0 Å². The first-order valence-corrected chi connectivity index (χ1v) is 9.41. The van der Waals surface area contributed by atoms with Crippen LogP contribution in [0.5, 0.6) is 5.75 Å². The maximum Gasteiger partial charge on any atom is 0.141 e. The molecule has 0 bridgehead atoms. The van der Waals surface area contributed by atoms with Crippen molar-refractivity contribution in [3.05, 3.63) is 82.8 Å². The Kier molecular flexibility index (Phi) is 4.76. The van der Waals surface area contributed by atoms with Gasteiger partial charge in [-0.3, -0.25) is 0 Å². The van der Waals surface area contributed by atoms with E-state index in [9.17, 15) is 0 Å². The molecule has 0 aliphatic heterocycles. The molecule has 3 aromatic carbocycles. The van der Waals surface area contributed by atoms with E-state index in [1.165, 1.54) is 5.56 Å². The summed E-state index contributed by atoms with van der Waals surface area (Å²) >= 11 is 3.50. The summed E-state index contributed by atoms with van der Waals surface area (Å²) in [5.41, 5.74) is 4.45. The van der Waals surface area contributed by atoms with E-state index >= 15 is 0 Å². The summed E-state index contributed by atoms with van der Waals surface area (Å²) in [6, 6.07) is 24.6. The van der Waals surface area contributed by atoms with Gasteiger partial charge in [-0.15, -0.1) is 0 Å². The molecule has 0 N–H and O–H groups in total. The molecule has 3 nitrogen and oxygen atoms in total. The van der Waals surface area contributed by atoms with E-state index in [2.05, 4.69) is 63.8 Å². The number of para-hydroxylation sites is 2. The average molecular weight is 407 g/mol. The topological polar surface area (TPSA) is 27.1 Å². The van der Waals surface area contributed by atoms with Crippen molar-refractivity contribution < 1.29 is 4.74 Å². The SMILES string of the molecule is Cc1ccc(OCCn2c(-c3ccc(Br)cc3)nc3ccccc32)cc1. The molecule has 4 heteroatoms. The Balaban J connectivity index is 1.63. The van der Waals surface area contributed by atoms with E-state index in [-0.39, 0.29) is 0 Å². The number of fused-ring (bicyclic) bond motifs is 1. The van der Waals surface area contributed by atoms with Crippen LogP contribution in [0.15, 0.2) is 77.3 Å². The van der Waals surface area contributed by atoms with Crippen LogP contribution in [-0.4, -0.2) is 16.2 Å². The summed E-state index contributed by atoms with van der Waals surface area (Å²) < 4.78 is 9.23. The van der Waals surface area contributed by atoms with Crippen LogP contribution in [0.2, 0.25) is 0 Å². The van der Waals surface area contributed by atoms with Gasteiger partial charge in [-0.1, -0.05) is 57.9 Å². The first kappa shape index (κ1) is 16.9. The highest BCUT2D eigenvalue weighted by molar-refractivity contribution is 9.10. The number of rotatable bonds is 5. The Bertz CT molecular complexity index is 1020. The summed E-state index contributed by atoms with van der Waals surface area (Å²) in [4.78, 5) is 4.84. The normalized spacial score (nSPS) is 11.0. The summed E-state index contributed by atoms with van der Waals surface area (Å²) in [6.45, 7) is 3.40. The Morgan fingerprint density at radius 3 is 2.42 bits per heavy atom. The summed E-state index contributed by atoms with van der Waals surface area (Å²) in [5.74, 6) is 1.86. The van der Waals surface area contributed by atoms with Crippen molar-refractivity contribution in [1.82, 2.24) is 9.55 Å². The van der Waals surface area contributed by atoms with Crippen molar-refractivity contribution in [2.24, 2.45) is 0 Å². The molecule has 0 spiro atoms. The van der Waals surface area contributed by atoms with Gasteiger partial charge in [-0.05, 0) is 43.3 Å². The molecule has 0 amide bonds. The molecule has 0 fully saturated rings. The van der Waals surface area contributed by atoms with Crippen molar-refractivity contribution >= 4 is 27.0 Å². The molecule has 0 aliphatic rings. The van der Waals surface area contributed by atoms with Crippen LogP contribution in [-0.2, 0) is 6.54 Å². The average Bonchev–Trinajstić information content (AvgIpc) is 3.03. The maximum absolute atomic E-state index is 5.94. The standard InChI is InChI=1S/C22H19BrN2O/c1-16-6-12-19(13-7-16)26-15-14-25-21-5-3-2-4-20(21)24-22(25)17-8-10-18(23)11-9-17/h2-13H,14-15H2,1H3. The third kappa shape index (κ3) is 3.51. The number of aromatic nitrogens is 2. The lowest BCUT2D eigenvalue weighted by Gasteiger charge is -2.11. The molecule has 0 radical (unpaired) electrons. The number of hydrogen-bond donors (Lipinski definition) is 0. The summed E-state index contributed by atoms with van der Waals surface area (Å²) in [7, 11) is 0. The lowest BCUT2D eigenvalue weighted by molar-refractivity contribution is 0.301. The Morgan fingerprint density at radius 2 is 1.65 bits per heavy atom. The first-order chi connectivity index (χ1) is 12.7. The minimum atomic E-state index is 0.590. The van der Waals surface area contributed by atoms with Crippen LogP contribution < -0.4 is 4.74 Å². The zero-order chi connectivity index (χ0) is 17.9. The van der Waals surface area contributed by atoms with Crippen LogP contribution in [0.1, 0.15) is 5.56 Å². The monoisotopic (exact) mass is 406 g/mol. The number of hydrogen-bond acceptors (Lipinski definition) is 2. The molecular formula is C22H19BrN2O. The molecule has 1 heterocycles. The first-order valence-electron chi connectivity index (χ1n) is 8.61.